The van der Waals surface area contributed by atoms with E-state index in [0.29, 0.717) is 6.54 Å². The first-order chi connectivity index (χ1) is 9.72. The van der Waals surface area contributed by atoms with Gasteiger partial charge in [0.1, 0.15) is 9.84 Å². The molecule has 2 fully saturated rings. The molecule has 0 amide bonds. The Labute approximate surface area is 128 Å². The van der Waals surface area contributed by atoms with Gasteiger partial charge < -0.3 is 5.32 Å². The molecule has 8 heteroatoms. The average Bonchev–Trinajstić information content (AvgIpc) is 2.87. The third-order valence-corrected chi connectivity index (χ3v) is 8.64. The highest BCUT2D eigenvalue weighted by molar-refractivity contribution is 7.92. The van der Waals surface area contributed by atoms with Gasteiger partial charge in [-0.05, 0) is 46.1 Å². The van der Waals surface area contributed by atoms with Crippen molar-refractivity contribution >= 4 is 19.9 Å². The van der Waals surface area contributed by atoms with Crippen molar-refractivity contribution in [3.05, 3.63) is 0 Å². The largest absolute Gasteiger partial charge is 0.313 e. The summed E-state index contributed by atoms with van der Waals surface area (Å²) in [4.78, 5) is 0. The van der Waals surface area contributed by atoms with Gasteiger partial charge in [-0.15, -0.1) is 0 Å². The summed E-state index contributed by atoms with van der Waals surface area (Å²) >= 11 is 0. The molecule has 0 aromatic carbocycles. The smallest absolute Gasteiger partial charge is 0.217 e. The van der Waals surface area contributed by atoms with E-state index in [9.17, 15) is 16.8 Å². The molecule has 0 aromatic rings. The van der Waals surface area contributed by atoms with Crippen molar-refractivity contribution in [1.82, 2.24) is 9.62 Å². The maximum absolute atomic E-state index is 12.8. The van der Waals surface area contributed by atoms with Crippen molar-refractivity contribution in [3.63, 3.8) is 0 Å². The Bertz CT molecular complexity index is 537. The summed E-state index contributed by atoms with van der Waals surface area (Å²) in [6.07, 6.45) is 2.54. The molecule has 2 aliphatic rings. The monoisotopic (exact) mass is 338 g/mol. The number of rotatable bonds is 5. The third-order valence-electron chi connectivity index (χ3n) is 4.39. The van der Waals surface area contributed by atoms with Crippen LogP contribution in [0, 0.1) is 0 Å². The van der Waals surface area contributed by atoms with Crippen LogP contribution >= 0.6 is 0 Å². The summed E-state index contributed by atoms with van der Waals surface area (Å²) in [5.74, 6) is -0.0188. The fourth-order valence-corrected chi connectivity index (χ4v) is 7.08. The molecule has 0 aromatic heterocycles. The minimum Gasteiger partial charge on any atom is -0.313 e. The van der Waals surface area contributed by atoms with Gasteiger partial charge in [-0.1, -0.05) is 0 Å². The lowest BCUT2D eigenvalue weighted by atomic mass is 10.2. The highest BCUT2D eigenvalue weighted by Gasteiger charge is 2.38. The molecule has 2 rings (SSSR count). The molecular formula is C13H26N2O4S2. The van der Waals surface area contributed by atoms with Crippen LogP contribution in [-0.4, -0.2) is 63.1 Å². The molecule has 2 heterocycles. The molecule has 0 aliphatic carbocycles. The Morgan fingerprint density at radius 2 is 1.81 bits per heavy atom. The summed E-state index contributed by atoms with van der Waals surface area (Å²) < 4.78 is 50.2. The van der Waals surface area contributed by atoms with Gasteiger partial charge >= 0.3 is 0 Å². The van der Waals surface area contributed by atoms with Crippen molar-refractivity contribution in [2.75, 3.05) is 24.6 Å². The first-order valence-electron chi connectivity index (χ1n) is 7.67. The van der Waals surface area contributed by atoms with Crippen LogP contribution in [0.15, 0.2) is 0 Å². The standard InChI is InChI=1S/C13H26N2O4S2/c1-11(2)15(10-12-4-3-7-14-12)21(18,19)13-5-8-20(16,17)9-6-13/h11-14H,3-10H2,1-2H3. The van der Waals surface area contributed by atoms with Crippen LogP contribution in [0.1, 0.15) is 39.5 Å². The van der Waals surface area contributed by atoms with Gasteiger partial charge in [0.15, 0.2) is 0 Å². The zero-order valence-electron chi connectivity index (χ0n) is 12.8. The zero-order chi connectivity index (χ0) is 15.7. The van der Waals surface area contributed by atoms with E-state index in [1.807, 2.05) is 13.8 Å². The van der Waals surface area contributed by atoms with Gasteiger partial charge in [-0.25, -0.2) is 16.8 Å². The Balaban J connectivity index is 2.10. The maximum atomic E-state index is 12.8. The Hall–Kier alpha value is -0.180. The van der Waals surface area contributed by atoms with Gasteiger partial charge in [0.2, 0.25) is 10.0 Å². The van der Waals surface area contributed by atoms with Gasteiger partial charge in [-0.2, -0.15) is 4.31 Å². The topological polar surface area (TPSA) is 83.6 Å². The van der Waals surface area contributed by atoms with Crippen LogP contribution in [-0.2, 0) is 19.9 Å². The molecule has 124 valence electrons. The molecule has 0 bridgehead atoms. The van der Waals surface area contributed by atoms with Crippen molar-refractivity contribution in [2.45, 2.75) is 56.9 Å². The van der Waals surface area contributed by atoms with Crippen LogP contribution in [0.2, 0.25) is 0 Å². The second kappa shape index (κ2) is 6.52. The van der Waals surface area contributed by atoms with Crippen molar-refractivity contribution in [3.8, 4) is 0 Å². The van der Waals surface area contributed by atoms with Gasteiger partial charge in [0.05, 0.1) is 16.8 Å². The molecule has 1 N–H and O–H groups in total. The number of nitrogens with zero attached hydrogens (tertiary/aromatic N) is 1. The van der Waals surface area contributed by atoms with Crippen LogP contribution < -0.4 is 5.32 Å². The first-order valence-corrected chi connectivity index (χ1v) is 11.0. The summed E-state index contributed by atoms with van der Waals surface area (Å²) in [6, 6.07) is 0.116. The number of sulfone groups is 1. The van der Waals surface area contributed by atoms with Crippen molar-refractivity contribution in [2.24, 2.45) is 0 Å². The van der Waals surface area contributed by atoms with Crippen LogP contribution in [0.4, 0.5) is 0 Å². The lowest BCUT2D eigenvalue weighted by molar-refractivity contribution is 0.317. The summed E-state index contributed by atoms with van der Waals surface area (Å²) in [5, 5.41) is 2.78. The number of hydrogen-bond acceptors (Lipinski definition) is 5. The van der Waals surface area contributed by atoms with Crippen molar-refractivity contribution < 1.29 is 16.8 Å². The Kier molecular flexibility index (Phi) is 5.33. The number of sulfonamides is 1. The predicted molar refractivity (Wildman–Crippen MR) is 83.5 cm³/mol. The van der Waals surface area contributed by atoms with Crippen LogP contribution in [0.3, 0.4) is 0 Å². The van der Waals surface area contributed by atoms with Crippen LogP contribution in [0.5, 0.6) is 0 Å². The Morgan fingerprint density at radius 1 is 1.19 bits per heavy atom. The molecule has 6 nitrogen and oxygen atoms in total. The fourth-order valence-electron chi connectivity index (χ4n) is 3.10. The van der Waals surface area contributed by atoms with Crippen molar-refractivity contribution in [1.29, 1.82) is 0 Å². The van der Waals surface area contributed by atoms with E-state index < -0.39 is 25.1 Å². The minimum absolute atomic E-state index is 0.00941. The molecular weight excluding hydrogens is 312 g/mol. The SMILES string of the molecule is CC(C)N(CC1CCCN1)S(=O)(=O)C1CCS(=O)(=O)CC1. The lowest BCUT2D eigenvalue weighted by Gasteiger charge is -2.33. The molecule has 21 heavy (non-hydrogen) atoms. The van der Waals surface area contributed by atoms with E-state index >= 15 is 0 Å². The average molecular weight is 338 g/mol. The molecule has 2 aliphatic heterocycles. The second-order valence-corrected chi connectivity index (χ2v) is 10.8. The highest BCUT2D eigenvalue weighted by atomic mass is 32.2. The number of hydrogen-bond donors (Lipinski definition) is 1. The first kappa shape index (κ1) is 17.2. The summed E-state index contributed by atoms with van der Waals surface area (Å²) in [7, 11) is -6.47. The van der Waals surface area contributed by atoms with E-state index in [1.54, 1.807) is 4.31 Å². The molecule has 1 atom stereocenters. The molecule has 0 saturated carbocycles. The second-order valence-electron chi connectivity index (χ2n) is 6.35. The fraction of sp³-hybridized carbons (Fsp3) is 1.00. The molecule has 1 unspecified atom stereocenters. The van der Waals surface area contributed by atoms with Gasteiger partial charge in [0, 0.05) is 18.6 Å². The quantitative estimate of drug-likeness (QED) is 0.782. The summed E-state index contributed by atoms with van der Waals surface area (Å²) in [5.41, 5.74) is 0. The molecule has 2 saturated heterocycles. The Morgan fingerprint density at radius 3 is 2.29 bits per heavy atom. The van der Waals surface area contributed by atoms with E-state index in [1.165, 1.54) is 0 Å². The van der Waals surface area contributed by atoms with E-state index in [4.69, 9.17) is 0 Å². The van der Waals surface area contributed by atoms with Gasteiger partial charge in [-0.3, -0.25) is 0 Å². The summed E-state index contributed by atoms with van der Waals surface area (Å²) in [6.45, 7) is 5.19. The van der Waals surface area contributed by atoms with Gasteiger partial charge in [0.25, 0.3) is 0 Å². The predicted octanol–water partition coefficient (Wildman–Crippen LogP) is 0.356. The molecule has 0 radical (unpaired) electrons. The highest BCUT2D eigenvalue weighted by Crippen LogP contribution is 2.25. The minimum atomic E-state index is -3.43. The van der Waals surface area contributed by atoms with E-state index in [2.05, 4.69) is 5.32 Å². The third kappa shape index (κ3) is 4.18. The zero-order valence-corrected chi connectivity index (χ0v) is 14.4. The molecule has 0 spiro atoms. The number of nitrogens with one attached hydrogen (secondary N) is 1. The van der Waals surface area contributed by atoms with Crippen LogP contribution in [0.25, 0.3) is 0 Å². The maximum Gasteiger partial charge on any atom is 0.217 e. The van der Waals surface area contributed by atoms with E-state index in [-0.39, 0.29) is 36.4 Å². The van der Waals surface area contributed by atoms with E-state index in [0.717, 1.165) is 19.4 Å². The normalized spacial score (nSPS) is 27.5. The lowest BCUT2D eigenvalue weighted by Crippen LogP contribution is -2.49.